The lowest BCUT2D eigenvalue weighted by Crippen LogP contribution is -2.34. The van der Waals surface area contributed by atoms with Gasteiger partial charge in [0.25, 0.3) is 0 Å². The predicted molar refractivity (Wildman–Crippen MR) is 112 cm³/mol. The van der Waals surface area contributed by atoms with E-state index in [-0.39, 0.29) is 0 Å². The van der Waals surface area contributed by atoms with Crippen molar-refractivity contribution in [1.29, 1.82) is 0 Å². The smallest absolute Gasteiger partial charge is 0.191 e. The van der Waals surface area contributed by atoms with E-state index in [2.05, 4.69) is 51.0 Å². The molecule has 2 aromatic carbocycles. The number of nitrogens with zero attached hydrogens (tertiary/aromatic N) is 4. The van der Waals surface area contributed by atoms with Crippen molar-refractivity contribution in [3.63, 3.8) is 0 Å². The number of thioether (sulfide) groups is 1. The van der Waals surface area contributed by atoms with E-state index in [1.165, 1.54) is 5.56 Å². The van der Waals surface area contributed by atoms with Gasteiger partial charge in [-0.1, -0.05) is 60.3 Å². The van der Waals surface area contributed by atoms with E-state index in [1.54, 1.807) is 17.8 Å². The molecule has 1 atom stereocenters. The fraction of sp³-hybridized carbons (Fsp3) is 0.364. The number of aromatic hydroxyl groups is 1. The van der Waals surface area contributed by atoms with Crippen molar-refractivity contribution in [1.82, 2.24) is 19.7 Å². The van der Waals surface area contributed by atoms with Crippen LogP contribution >= 0.6 is 11.8 Å². The summed E-state index contributed by atoms with van der Waals surface area (Å²) < 4.78 is 2.15. The molecule has 0 saturated carbocycles. The molecule has 146 valence electrons. The summed E-state index contributed by atoms with van der Waals surface area (Å²) in [4.78, 5) is 2.41. The van der Waals surface area contributed by atoms with Crippen molar-refractivity contribution < 1.29 is 5.11 Å². The van der Waals surface area contributed by atoms with E-state index in [0.717, 1.165) is 54.8 Å². The van der Waals surface area contributed by atoms with Gasteiger partial charge in [-0.15, -0.1) is 10.2 Å². The largest absolute Gasteiger partial charge is 0.508 e. The fourth-order valence-electron chi connectivity index (χ4n) is 3.82. The van der Waals surface area contributed by atoms with Crippen LogP contribution in [0.2, 0.25) is 0 Å². The van der Waals surface area contributed by atoms with Crippen molar-refractivity contribution in [2.75, 3.05) is 13.1 Å². The minimum Gasteiger partial charge on any atom is -0.508 e. The highest BCUT2D eigenvalue weighted by atomic mass is 32.2. The van der Waals surface area contributed by atoms with Gasteiger partial charge in [0.15, 0.2) is 5.16 Å². The third kappa shape index (κ3) is 4.39. The Morgan fingerprint density at radius 3 is 2.68 bits per heavy atom. The number of hydrogen-bond donors (Lipinski definition) is 1. The molecule has 0 radical (unpaired) electrons. The maximum absolute atomic E-state index is 10.1. The van der Waals surface area contributed by atoms with Gasteiger partial charge in [0.1, 0.15) is 11.6 Å². The number of phenolic OH excluding ortho intramolecular Hbond substituents is 1. The molecule has 4 rings (SSSR count). The van der Waals surface area contributed by atoms with E-state index >= 15 is 0 Å². The minimum absolute atomic E-state index is 0.378. The summed E-state index contributed by atoms with van der Waals surface area (Å²) in [6.07, 6.45) is 2.27. The zero-order valence-corrected chi connectivity index (χ0v) is 17.0. The monoisotopic (exact) mass is 394 g/mol. The van der Waals surface area contributed by atoms with Gasteiger partial charge in [-0.05, 0) is 31.0 Å². The molecule has 2 heterocycles. The highest BCUT2D eigenvalue weighted by molar-refractivity contribution is 7.98. The highest BCUT2D eigenvalue weighted by Gasteiger charge is 2.26. The summed E-state index contributed by atoms with van der Waals surface area (Å²) in [6.45, 7) is 2.78. The van der Waals surface area contributed by atoms with E-state index in [4.69, 9.17) is 0 Å². The van der Waals surface area contributed by atoms with Crippen LogP contribution in [0, 0.1) is 0 Å². The summed E-state index contributed by atoms with van der Waals surface area (Å²) in [7, 11) is 2.07. The second kappa shape index (κ2) is 8.80. The zero-order chi connectivity index (χ0) is 19.3. The molecule has 28 heavy (non-hydrogen) atoms. The number of likely N-dealkylation sites (tertiary alicyclic amines) is 1. The van der Waals surface area contributed by atoms with Crippen LogP contribution < -0.4 is 0 Å². The number of rotatable bonds is 6. The van der Waals surface area contributed by atoms with Crippen molar-refractivity contribution in [3.8, 4) is 5.75 Å². The number of hydrogen-bond acceptors (Lipinski definition) is 5. The maximum Gasteiger partial charge on any atom is 0.191 e. The first kappa shape index (κ1) is 19.0. The fourth-order valence-corrected chi connectivity index (χ4v) is 4.70. The molecular formula is C22H26N4OS. The van der Waals surface area contributed by atoms with Gasteiger partial charge in [0.05, 0.1) is 0 Å². The first-order valence-electron chi connectivity index (χ1n) is 9.76. The maximum atomic E-state index is 10.1. The number of benzene rings is 2. The minimum atomic E-state index is 0.378. The van der Waals surface area contributed by atoms with E-state index in [0.29, 0.717) is 11.7 Å². The predicted octanol–water partition coefficient (Wildman–Crippen LogP) is 4.19. The van der Waals surface area contributed by atoms with Gasteiger partial charge >= 0.3 is 0 Å². The normalized spacial score (nSPS) is 17.7. The molecule has 6 heteroatoms. The molecule has 0 spiro atoms. The van der Waals surface area contributed by atoms with Gasteiger partial charge in [0, 0.05) is 37.4 Å². The van der Waals surface area contributed by atoms with Crippen LogP contribution in [0.3, 0.4) is 0 Å². The Labute approximate surface area is 170 Å². The lowest BCUT2D eigenvalue weighted by Gasteiger charge is -2.32. The molecule has 1 fully saturated rings. The van der Waals surface area contributed by atoms with Gasteiger partial charge in [-0.25, -0.2) is 0 Å². The molecule has 0 bridgehead atoms. The molecular weight excluding hydrogens is 368 g/mol. The summed E-state index contributed by atoms with van der Waals surface area (Å²) in [5.74, 6) is 2.72. The molecule has 1 aliphatic rings. The number of piperidine rings is 1. The Morgan fingerprint density at radius 2 is 1.86 bits per heavy atom. The lowest BCUT2D eigenvalue weighted by atomic mass is 9.96. The van der Waals surface area contributed by atoms with Crippen LogP contribution in [0.15, 0.2) is 59.8 Å². The van der Waals surface area contributed by atoms with E-state index in [9.17, 15) is 5.11 Å². The molecule has 1 N–H and O–H groups in total. The zero-order valence-electron chi connectivity index (χ0n) is 16.2. The quantitative estimate of drug-likeness (QED) is 0.635. The third-order valence-corrected chi connectivity index (χ3v) is 6.43. The van der Waals surface area contributed by atoms with Crippen molar-refractivity contribution in [2.45, 2.75) is 36.2 Å². The Morgan fingerprint density at radius 1 is 1.07 bits per heavy atom. The molecule has 1 aliphatic heterocycles. The van der Waals surface area contributed by atoms with Crippen LogP contribution in [-0.4, -0.2) is 37.9 Å². The first-order valence-corrected chi connectivity index (χ1v) is 10.7. The van der Waals surface area contributed by atoms with Crippen molar-refractivity contribution in [2.24, 2.45) is 7.05 Å². The molecule has 1 saturated heterocycles. The molecule has 3 aromatic rings. The van der Waals surface area contributed by atoms with Crippen molar-refractivity contribution >= 4 is 11.8 Å². The first-order chi connectivity index (χ1) is 13.7. The average molecular weight is 395 g/mol. The lowest BCUT2D eigenvalue weighted by molar-refractivity contribution is 0.193. The number of aromatic nitrogens is 3. The van der Waals surface area contributed by atoms with E-state index in [1.807, 2.05) is 24.3 Å². The van der Waals surface area contributed by atoms with Gasteiger partial charge in [-0.3, -0.25) is 4.90 Å². The molecule has 0 amide bonds. The number of phenols is 1. The van der Waals surface area contributed by atoms with Crippen LogP contribution in [0.25, 0.3) is 0 Å². The third-order valence-electron chi connectivity index (χ3n) is 5.34. The molecule has 0 aliphatic carbocycles. The molecule has 0 unspecified atom stereocenters. The SMILES string of the molecule is Cn1c(SCc2ccccc2)nnc1[C@H]1CCCN(Cc2ccccc2O)C1. The van der Waals surface area contributed by atoms with Gasteiger partial charge in [-0.2, -0.15) is 0 Å². The van der Waals surface area contributed by atoms with Crippen molar-refractivity contribution in [3.05, 3.63) is 71.5 Å². The average Bonchev–Trinajstić information content (AvgIpc) is 3.10. The molecule has 5 nitrogen and oxygen atoms in total. The standard InChI is InChI=1S/C22H26N4OS/c1-25-21(23-24-22(25)28-16-17-8-3-2-4-9-17)19-11-7-13-26(15-19)14-18-10-5-6-12-20(18)27/h2-6,8-10,12,19,27H,7,11,13-16H2,1H3/t19-/m0/s1. The summed E-state index contributed by atoms with van der Waals surface area (Å²) >= 11 is 1.73. The summed E-state index contributed by atoms with van der Waals surface area (Å²) in [5, 5.41) is 20.0. The van der Waals surface area contributed by atoms with Crippen LogP contribution in [-0.2, 0) is 19.3 Å². The Hall–Kier alpha value is -2.31. The van der Waals surface area contributed by atoms with Crippen LogP contribution in [0.1, 0.15) is 35.7 Å². The number of para-hydroxylation sites is 1. The topological polar surface area (TPSA) is 54.2 Å². The molecule has 1 aromatic heterocycles. The van der Waals surface area contributed by atoms with Crippen LogP contribution in [0.4, 0.5) is 0 Å². The van der Waals surface area contributed by atoms with Gasteiger partial charge in [0.2, 0.25) is 0 Å². The summed E-state index contributed by atoms with van der Waals surface area (Å²) in [6, 6.07) is 18.1. The highest BCUT2D eigenvalue weighted by Crippen LogP contribution is 2.30. The van der Waals surface area contributed by atoms with E-state index < -0.39 is 0 Å². The van der Waals surface area contributed by atoms with Crippen LogP contribution in [0.5, 0.6) is 5.75 Å². The Kier molecular flexibility index (Phi) is 5.98. The van der Waals surface area contributed by atoms with Gasteiger partial charge < -0.3 is 9.67 Å². The second-order valence-electron chi connectivity index (χ2n) is 7.38. The Bertz CT molecular complexity index is 912. The Balaban J connectivity index is 1.41. The summed E-state index contributed by atoms with van der Waals surface area (Å²) in [5.41, 5.74) is 2.28. The second-order valence-corrected chi connectivity index (χ2v) is 8.32.